The fourth-order valence-corrected chi connectivity index (χ4v) is 0.945. The first-order valence-corrected chi connectivity index (χ1v) is 4.98. The molecular formula is C11H17N3O2. The van der Waals surface area contributed by atoms with Gasteiger partial charge >= 0.3 is 0 Å². The minimum Gasteiger partial charge on any atom is -0.370 e. The lowest BCUT2D eigenvalue weighted by Crippen LogP contribution is -2.10. The number of carbonyl (C=O) groups excluding carboxylic acids is 2. The Morgan fingerprint density at radius 3 is 2.25 bits per heavy atom. The van der Waals surface area contributed by atoms with Crippen LogP contribution in [0.15, 0.2) is 18.3 Å². The lowest BCUT2D eigenvalue weighted by atomic mass is 10.2. The maximum absolute atomic E-state index is 10.5. The molecule has 0 aliphatic carbocycles. The fourth-order valence-electron chi connectivity index (χ4n) is 0.945. The molecule has 0 spiro atoms. The third-order valence-electron chi connectivity index (χ3n) is 1.68. The van der Waals surface area contributed by atoms with Crippen molar-refractivity contribution in [3.05, 3.63) is 29.6 Å². The number of primary amides is 2. The smallest absolute Gasteiger partial charge is 0.248 e. The van der Waals surface area contributed by atoms with Crippen LogP contribution in [-0.2, 0) is 4.79 Å². The zero-order valence-electron chi connectivity index (χ0n) is 9.56. The quantitative estimate of drug-likeness (QED) is 0.791. The van der Waals surface area contributed by atoms with Crippen LogP contribution in [0.5, 0.6) is 0 Å². The van der Waals surface area contributed by atoms with Gasteiger partial charge in [0, 0.05) is 23.9 Å². The van der Waals surface area contributed by atoms with E-state index in [4.69, 9.17) is 11.5 Å². The number of carbonyl (C=O) groups is 2. The van der Waals surface area contributed by atoms with Crippen LogP contribution >= 0.6 is 0 Å². The van der Waals surface area contributed by atoms with Crippen LogP contribution in [0.2, 0.25) is 0 Å². The van der Waals surface area contributed by atoms with E-state index in [2.05, 4.69) is 4.98 Å². The molecule has 4 N–H and O–H groups in total. The molecule has 2 amide bonds. The monoisotopic (exact) mass is 223 g/mol. The van der Waals surface area contributed by atoms with Crippen molar-refractivity contribution in [2.75, 3.05) is 0 Å². The van der Waals surface area contributed by atoms with Gasteiger partial charge in [0.25, 0.3) is 0 Å². The molecule has 1 aromatic heterocycles. The van der Waals surface area contributed by atoms with Crippen LogP contribution in [0.3, 0.4) is 0 Å². The number of amides is 2. The van der Waals surface area contributed by atoms with Crippen molar-refractivity contribution < 1.29 is 9.59 Å². The van der Waals surface area contributed by atoms with Gasteiger partial charge in [0.05, 0.1) is 0 Å². The maximum Gasteiger partial charge on any atom is 0.248 e. The van der Waals surface area contributed by atoms with Crippen molar-refractivity contribution in [1.82, 2.24) is 4.98 Å². The molecule has 0 unspecified atom stereocenters. The number of hydrogen-bond acceptors (Lipinski definition) is 3. The Morgan fingerprint density at radius 1 is 1.38 bits per heavy atom. The molecule has 0 aliphatic rings. The molecule has 88 valence electrons. The van der Waals surface area contributed by atoms with Crippen molar-refractivity contribution in [1.29, 1.82) is 0 Å². The number of hydrogen-bond donors (Lipinski definition) is 2. The highest BCUT2D eigenvalue weighted by molar-refractivity contribution is 5.92. The summed E-state index contributed by atoms with van der Waals surface area (Å²) in [6.45, 7) is 3.73. The van der Waals surface area contributed by atoms with Crippen molar-refractivity contribution in [3.63, 3.8) is 0 Å². The lowest BCUT2D eigenvalue weighted by Gasteiger charge is -1.93. The van der Waals surface area contributed by atoms with Crippen LogP contribution in [0.1, 0.15) is 35.8 Å². The number of aryl methyl sites for hydroxylation is 1. The molecule has 0 aromatic carbocycles. The fraction of sp³-hybridized carbons (Fsp3) is 0.364. The van der Waals surface area contributed by atoms with E-state index in [0.717, 1.165) is 12.1 Å². The van der Waals surface area contributed by atoms with Crippen molar-refractivity contribution in [3.8, 4) is 0 Å². The van der Waals surface area contributed by atoms with Crippen molar-refractivity contribution in [2.45, 2.75) is 26.7 Å². The second-order valence-electron chi connectivity index (χ2n) is 3.27. The summed E-state index contributed by atoms with van der Waals surface area (Å²) < 4.78 is 0. The molecule has 1 aromatic rings. The third kappa shape index (κ3) is 6.53. The van der Waals surface area contributed by atoms with E-state index in [9.17, 15) is 9.59 Å². The summed E-state index contributed by atoms with van der Waals surface area (Å²) in [5.74, 6) is -0.622. The first-order valence-electron chi connectivity index (χ1n) is 4.98. The minimum atomic E-state index is -0.412. The number of nitrogens with zero attached hydrogens (tertiary/aromatic N) is 1. The maximum atomic E-state index is 10.5. The van der Waals surface area contributed by atoms with E-state index in [1.807, 2.05) is 13.8 Å². The Hall–Kier alpha value is -1.91. The standard InChI is InChI=1S/C7H8N2O.C4H9NO/c1-5-4-6(7(8)10)2-3-9-5;1-2-3-4(5)6/h2-4H,1H3,(H2,8,10);2-3H2,1H3,(H2,5,6). The van der Waals surface area contributed by atoms with E-state index in [1.54, 1.807) is 18.3 Å². The normalized spacial score (nSPS) is 8.88. The molecule has 0 bridgehead atoms. The summed E-state index contributed by atoms with van der Waals surface area (Å²) in [5, 5.41) is 0. The molecule has 0 aliphatic heterocycles. The Labute approximate surface area is 94.8 Å². The topological polar surface area (TPSA) is 99.1 Å². The number of nitrogens with two attached hydrogens (primary N) is 2. The molecular weight excluding hydrogens is 206 g/mol. The molecule has 5 heteroatoms. The van der Waals surface area contributed by atoms with Gasteiger partial charge in [0.15, 0.2) is 0 Å². The van der Waals surface area contributed by atoms with Gasteiger partial charge < -0.3 is 11.5 Å². The predicted octanol–water partition coefficient (Wildman–Crippen LogP) is 0.761. The summed E-state index contributed by atoms with van der Waals surface area (Å²) in [6, 6.07) is 3.25. The van der Waals surface area contributed by atoms with Crippen LogP contribution in [-0.4, -0.2) is 16.8 Å². The highest BCUT2D eigenvalue weighted by Gasteiger charge is 1.97. The van der Waals surface area contributed by atoms with Gasteiger partial charge in [-0.2, -0.15) is 0 Å². The van der Waals surface area contributed by atoms with Gasteiger partial charge in [-0.05, 0) is 25.5 Å². The van der Waals surface area contributed by atoms with Gasteiger partial charge in [-0.1, -0.05) is 6.92 Å². The Kier molecular flexibility index (Phi) is 6.51. The van der Waals surface area contributed by atoms with E-state index >= 15 is 0 Å². The molecule has 1 rings (SSSR count). The summed E-state index contributed by atoms with van der Waals surface area (Å²) in [4.78, 5) is 24.3. The Morgan fingerprint density at radius 2 is 2.00 bits per heavy atom. The first-order chi connectivity index (χ1) is 7.47. The summed E-state index contributed by atoms with van der Waals surface area (Å²) in [6.07, 6.45) is 2.94. The lowest BCUT2D eigenvalue weighted by molar-refractivity contribution is -0.118. The van der Waals surface area contributed by atoms with Crippen molar-refractivity contribution >= 4 is 11.8 Å². The average Bonchev–Trinajstić information content (AvgIpc) is 2.18. The molecule has 0 fully saturated rings. The van der Waals surface area contributed by atoms with E-state index < -0.39 is 5.91 Å². The van der Waals surface area contributed by atoms with Crippen LogP contribution in [0.25, 0.3) is 0 Å². The highest BCUT2D eigenvalue weighted by Crippen LogP contribution is 1.98. The zero-order valence-corrected chi connectivity index (χ0v) is 9.56. The summed E-state index contributed by atoms with van der Waals surface area (Å²) in [7, 11) is 0. The van der Waals surface area contributed by atoms with Crippen molar-refractivity contribution in [2.24, 2.45) is 11.5 Å². The second-order valence-corrected chi connectivity index (χ2v) is 3.27. The van der Waals surface area contributed by atoms with Crippen LogP contribution in [0.4, 0.5) is 0 Å². The average molecular weight is 223 g/mol. The number of aromatic nitrogens is 1. The SMILES string of the molecule is CCCC(N)=O.Cc1cc(C(N)=O)ccn1. The van der Waals surface area contributed by atoms with E-state index in [-0.39, 0.29) is 5.91 Å². The predicted molar refractivity (Wildman–Crippen MR) is 61.6 cm³/mol. The van der Waals surface area contributed by atoms with Gasteiger partial charge in [0.2, 0.25) is 11.8 Å². The third-order valence-corrected chi connectivity index (χ3v) is 1.68. The minimum absolute atomic E-state index is 0.211. The molecule has 0 atom stereocenters. The van der Waals surface area contributed by atoms with Gasteiger partial charge in [-0.15, -0.1) is 0 Å². The zero-order chi connectivity index (χ0) is 12.6. The Bertz CT molecular complexity index is 364. The molecule has 0 radical (unpaired) electrons. The van der Waals surface area contributed by atoms with E-state index in [1.165, 1.54) is 0 Å². The molecule has 16 heavy (non-hydrogen) atoms. The molecule has 5 nitrogen and oxygen atoms in total. The van der Waals surface area contributed by atoms with Gasteiger partial charge in [0.1, 0.15) is 0 Å². The van der Waals surface area contributed by atoms with Crippen LogP contribution in [0, 0.1) is 6.92 Å². The molecule has 0 saturated heterocycles. The Balaban J connectivity index is 0.000000325. The first kappa shape index (κ1) is 14.1. The molecule has 1 heterocycles. The van der Waals surface area contributed by atoms with Gasteiger partial charge in [-0.3, -0.25) is 14.6 Å². The highest BCUT2D eigenvalue weighted by atomic mass is 16.1. The number of rotatable bonds is 3. The molecule has 0 saturated carbocycles. The van der Waals surface area contributed by atoms with E-state index in [0.29, 0.717) is 12.0 Å². The largest absolute Gasteiger partial charge is 0.370 e. The van der Waals surface area contributed by atoms with Crippen LogP contribution < -0.4 is 11.5 Å². The van der Waals surface area contributed by atoms with Gasteiger partial charge in [-0.25, -0.2) is 0 Å². The summed E-state index contributed by atoms with van der Waals surface area (Å²) >= 11 is 0. The second kappa shape index (κ2) is 7.39. The number of pyridine rings is 1. The summed E-state index contributed by atoms with van der Waals surface area (Å²) in [5.41, 5.74) is 11.1.